The molecule has 33 heavy (non-hydrogen) atoms. The Kier molecular flexibility index (Phi) is 8.35. The van der Waals surface area contributed by atoms with Gasteiger partial charge in [-0.3, -0.25) is 14.3 Å². The van der Waals surface area contributed by atoms with Crippen LogP contribution in [-0.4, -0.2) is 45.5 Å². The van der Waals surface area contributed by atoms with Gasteiger partial charge in [-0.1, -0.05) is 0 Å². The Bertz CT molecular complexity index is 1100. The first-order valence-electron chi connectivity index (χ1n) is 9.64. The number of benzene rings is 2. The van der Waals surface area contributed by atoms with Crippen molar-refractivity contribution >= 4 is 50.9 Å². The Morgan fingerprint density at radius 1 is 1.27 bits per heavy atom. The van der Waals surface area contributed by atoms with E-state index in [1.54, 1.807) is 49.7 Å². The molecule has 0 radical (unpaired) electrons. The lowest BCUT2D eigenvalue weighted by molar-refractivity contribution is -0.124. The second-order valence-electron chi connectivity index (χ2n) is 6.62. The number of ether oxygens (including phenoxy) is 2. The second-order valence-corrected chi connectivity index (χ2v) is 8.49. The van der Waals surface area contributed by atoms with Crippen LogP contribution in [0, 0.1) is 0 Å². The zero-order chi connectivity index (χ0) is 23.8. The molecule has 1 unspecified atom stereocenters. The molecule has 0 aliphatic carbocycles. The molecule has 1 aliphatic rings. The van der Waals surface area contributed by atoms with Gasteiger partial charge < -0.3 is 24.7 Å². The van der Waals surface area contributed by atoms with E-state index in [2.05, 4.69) is 10.3 Å². The van der Waals surface area contributed by atoms with Gasteiger partial charge in [0.15, 0.2) is 11.2 Å². The molecular weight excluding hydrogens is 468 g/mol. The van der Waals surface area contributed by atoms with Crippen LogP contribution < -0.4 is 20.7 Å². The van der Waals surface area contributed by atoms with Gasteiger partial charge in [-0.15, -0.1) is 11.3 Å². The molecule has 1 fully saturated rings. The smallest absolute Gasteiger partial charge is 0.412 e. The van der Waals surface area contributed by atoms with Crippen molar-refractivity contribution in [1.29, 1.82) is 0 Å². The average molecular weight is 494 g/mol. The second kappa shape index (κ2) is 11.4. The van der Waals surface area contributed by atoms with Gasteiger partial charge in [0, 0.05) is 43.7 Å². The Morgan fingerprint density at radius 3 is 2.48 bits per heavy atom. The molecule has 1 aliphatic heterocycles. The van der Waals surface area contributed by atoms with Gasteiger partial charge in [0.25, 0.3) is 5.91 Å². The van der Waals surface area contributed by atoms with Gasteiger partial charge in [-0.25, -0.2) is 9.78 Å². The number of hydrogen-bond acceptors (Lipinski definition) is 9. The lowest BCUT2D eigenvalue weighted by atomic mass is 10.3. The maximum atomic E-state index is 12.5. The lowest BCUT2D eigenvalue weighted by Crippen LogP contribution is -2.33. The van der Waals surface area contributed by atoms with Crippen LogP contribution in [-0.2, 0) is 20.6 Å². The zero-order valence-corrected chi connectivity index (χ0v) is 19.1. The van der Waals surface area contributed by atoms with Gasteiger partial charge in [0.1, 0.15) is 5.75 Å². The van der Waals surface area contributed by atoms with Crippen LogP contribution in [0.1, 0.15) is 9.27 Å². The monoisotopic (exact) mass is 493 g/mol. The van der Waals surface area contributed by atoms with Crippen LogP contribution in [0.4, 0.5) is 21.3 Å². The third kappa shape index (κ3) is 6.75. The molecule has 10 nitrogen and oxygen atoms in total. The fourth-order valence-corrected chi connectivity index (χ4v) is 3.68. The van der Waals surface area contributed by atoms with Gasteiger partial charge in [-0.2, -0.15) is 0 Å². The van der Waals surface area contributed by atoms with Gasteiger partial charge in [-0.05, 0) is 59.6 Å². The Hall–Kier alpha value is -3.48. The maximum Gasteiger partial charge on any atom is 0.412 e. The van der Waals surface area contributed by atoms with Crippen molar-refractivity contribution in [3.8, 4) is 5.75 Å². The van der Waals surface area contributed by atoms with Crippen LogP contribution in [0.15, 0.2) is 65.0 Å². The van der Waals surface area contributed by atoms with Crippen molar-refractivity contribution in [2.45, 2.75) is 17.4 Å². The number of carbonyl (C=O) groups excluding carboxylic acids is 2. The van der Waals surface area contributed by atoms with E-state index in [4.69, 9.17) is 15.2 Å². The highest BCUT2D eigenvalue weighted by Crippen LogP contribution is 2.24. The molecule has 2 heterocycles. The van der Waals surface area contributed by atoms with E-state index >= 15 is 0 Å². The summed E-state index contributed by atoms with van der Waals surface area (Å²) in [6, 6.07) is 12.6. The number of hydrogen-bond donors (Lipinski definition) is 2. The molecule has 1 saturated heterocycles. The summed E-state index contributed by atoms with van der Waals surface area (Å²) in [6.45, 7) is 0.374. The van der Waals surface area contributed by atoms with Crippen LogP contribution >= 0.6 is 11.3 Å². The molecule has 0 bridgehead atoms. The van der Waals surface area contributed by atoms with E-state index < -0.39 is 23.3 Å². The summed E-state index contributed by atoms with van der Waals surface area (Å²) < 4.78 is 32.1. The van der Waals surface area contributed by atoms with Crippen LogP contribution in [0.25, 0.3) is 0 Å². The van der Waals surface area contributed by atoms with E-state index in [1.807, 2.05) is 5.38 Å². The average Bonchev–Trinajstić information content (AvgIpc) is 3.43. The third-order valence-corrected chi connectivity index (χ3v) is 5.80. The zero-order valence-electron chi connectivity index (χ0n) is 17.5. The van der Waals surface area contributed by atoms with E-state index in [-0.39, 0.29) is 13.7 Å². The molecule has 0 saturated carbocycles. The fourth-order valence-electron chi connectivity index (χ4n) is 2.94. The molecule has 2 aromatic carbocycles. The quantitative estimate of drug-likeness (QED) is 0.513. The molecule has 1 aromatic heterocycles. The van der Waals surface area contributed by atoms with Crippen molar-refractivity contribution in [3.05, 3.63) is 60.1 Å². The summed E-state index contributed by atoms with van der Waals surface area (Å²) in [5.74, 6) is 0.304. The van der Waals surface area contributed by atoms with Crippen molar-refractivity contribution < 1.29 is 30.7 Å². The number of anilines is 3. The molecule has 178 valence electrons. The van der Waals surface area contributed by atoms with E-state index in [1.165, 1.54) is 28.4 Å². The predicted molar refractivity (Wildman–Crippen MR) is 128 cm³/mol. The number of methoxy groups -OCH3 is 1. The first-order chi connectivity index (χ1) is 15.9. The topological polar surface area (TPSA) is 147 Å². The summed E-state index contributed by atoms with van der Waals surface area (Å²) >= 11 is -0.879. The molecule has 2 atom stereocenters. The minimum Gasteiger partial charge on any atom is -0.768 e. The van der Waals surface area contributed by atoms with Gasteiger partial charge in [0.2, 0.25) is 0 Å². The van der Waals surface area contributed by atoms with E-state index in [9.17, 15) is 18.4 Å². The number of nitrogens with zero attached hydrogens (tertiary/aromatic N) is 2. The van der Waals surface area contributed by atoms with Crippen molar-refractivity contribution in [2.24, 2.45) is 0 Å². The molecule has 2 amide bonds. The van der Waals surface area contributed by atoms with Crippen LogP contribution in [0.2, 0.25) is 0 Å². The summed E-state index contributed by atoms with van der Waals surface area (Å²) in [4.78, 5) is 29.8. The predicted octanol–water partition coefficient (Wildman–Crippen LogP) is 3.50. The first kappa shape index (κ1) is 24.2. The third-order valence-electron chi connectivity index (χ3n) is 4.53. The lowest BCUT2D eigenvalue weighted by Gasteiger charge is -2.17. The van der Waals surface area contributed by atoms with Crippen molar-refractivity contribution in [3.63, 3.8) is 0 Å². The fraction of sp³-hybridized carbons (Fsp3) is 0.190. The van der Waals surface area contributed by atoms with E-state index in [0.717, 1.165) is 0 Å². The number of aromatic nitrogens is 1. The molecule has 3 aromatic rings. The number of amides is 2. The minimum absolute atomic E-state index is 0. The summed E-state index contributed by atoms with van der Waals surface area (Å²) in [5, 5.41) is 5.04. The van der Waals surface area contributed by atoms with Crippen molar-refractivity contribution in [2.75, 3.05) is 29.6 Å². The number of thiazole rings is 1. The molecule has 0 spiro atoms. The summed E-state index contributed by atoms with van der Waals surface area (Å²) in [7, 11) is 1.54. The maximum absolute atomic E-state index is 12.5. The standard InChI is InChI=1S/C18H18N2O6S.C3H4N2S.2H2/c1-25-14-6-2-12(3-7-14)19-18(22)26-16-10-11-20(17(16)21)13-4-8-15(9-5-13)27(23)24;4-3-5-1-2-6-3;;/h2-9,16H,10-11H2,1H3,(H,19,22)(H,23,24);1-2H,(H2,4,5);2*1H/p-1/t16-;;;/m0.../s1. The van der Waals surface area contributed by atoms with Gasteiger partial charge >= 0.3 is 6.09 Å². The number of nitrogens with one attached hydrogen (secondary N) is 1. The first-order valence-corrected chi connectivity index (χ1v) is 11.6. The highest BCUT2D eigenvalue weighted by molar-refractivity contribution is 7.79. The highest BCUT2D eigenvalue weighted by Gasteiger charge is 2.35. The molecular formula is C21H25N4O6S2-. The number of nitrogens with two attached hydrogens (primary N) is 1. The Morgan fingerprint density at radius 2 is 1.97 bits per heavy atom. The van der Waals surface area contributed by atoms with Gasteiger partial charge in [0.05, 0.1) is 7.11 Å². The number of rotatable bonds is 5. The summed E-state index contributed by atoms with van der Waals surface area (Å²) in [5.41, 5.74) is 6.25. The summed E-state index contributed by atoms with van der Waals surface area (Å²) in [6.07, 6.45) is 0.415. The molecule has 3 N–H and O–H groups in total. The normalized spacial score (nSPS) is 15.9. The van der Waals surface area contributed by atoms with Crippen LogP contribution in [0.5, 0.6) is 5.75 Å². The number of carbonyl (C=O) groups is 2. The Labute approximate surface area is 199 Å². The van der Waals surface area contributed by atoms with Crippen molar-refractivity contribution in [1.82, 2.24) is 4.98 Å². The Balaban J connectivity index is 0.000000671. The largest absolute Gasteiger partial charge is 0.768 e. The minimum atomic E-state index is -2.32. The number of nitrogen functional groups attached to an aromatic ring is 1. The van der Waals surface area contributed by atoms with Crippen LogP contribution in [0.3, 0.4) is 0 Å². The SMILES string of the molecule is COc1ccc(NC(=O)O[C@H]2CCN(c3ccc(S(=O)[O-])cc3)C2=O)cc1.Nc1nccs1.[HH].[HH]. The molecule has 4 rings (SSSR count). The van der Waals surface area contributed by atoms with E-state index in [0.29, 0.717) is 35.2 Å². The molecule has 12 heteroatoms. The highest BCUT2D eigenvalue weighted by atomic mass is 32.2.